The van der Waals surface area contributed by atoms with Gasteiger partial charge in [-0.05, 0) is 23.8 Å². The van der Waals surface area contributed by atoms with Crippen molar-refractivity contribution in [1.29, 1.82) is 0 Å². The lowest BCUT2D eigenvalue weighted by Gasteiger charge is -2.11. The molecule has 2 aromatic heterocycles. The highest BCUT2D eigenvalue weighted by molar-refractivity contribution is 6.32. The maximum absolute atomic E-state index is 11.5. The standard InChI is InChI=1S/C17H13ClN6O2/c1-24-3-2-12(23-24)14-13(21-15(17(25)26)16(19)22-14)8-4-9-6-20-7-10(9)11(18)5-8/h2-6H,7H2,1H3,(H2,19,22)(H,25,26). The smallest absolute Gasteiger partial charge is 0.358 e. The molecular weight excluding hydrogens is 356 g/mol. The third kappa shape index (κ3) is 2.60. The van der Waals surface area contributed by atoms with Crippen LogP contribution in [-0.2, 0) is 13.6 Å². The summed E-state index contributed by atoms with van der Waals surface area (Å²) in [6, 6.07) is 5.34. The zero-order valence-electron chi connectivity index (χ0n) is 13.6. The number of carboxylic acid groups (broad SMARTS) is 1. The maximum atomic E-state index is 11.5. The van der Waals surface area contributed by atoms with E-state index in [4.69, 9.17) is 17.3 Å². The van der Waals surface area contributed by atoms with Crippen molar-refractivity contribution in [2.24, 2.45) is 12.0 Å². The largest absolute Gasteiger partial charge is 0.476 e. The van der Waals surface area contributed by atoms with E-state index in [1.165, 1.54) is 0 Å². The Kier molecular flexibility index (Phi) is 3.69. The molecule has 1 aromatic carbocycles. The molecule has 8 nitrogen and oxygen atoms in total. The van der Waals surface area contributed by atoms with E-state index in [1.807, 2.05) is 6.07 Å². The molecule has 0 spiro atoms. The van der Waals surface area contributed by atoms with Gasteiger partial charge in [-0.1, -0.05) is 11.6 Å². The van der Waals surface area contributed by atoms with E-state index in [1.54, 1.807) is 36.3 Å². The SMILES string of the molecule is Cn1ccc(-c2nc(N)c(C(=O)O)nc2-c2cc(Cl)c3c(c2)C=NC3)n1. The highest BCUT2D eigenvalue weighted by Crippen LogP contribution is 2.34. The lowest BCUT2D eigenvalue weighted by molar-refractivity contribution is 0.0691. The number of fused-ring (bicyclic) bond motifs is 1. The van der Waals surface area contributed by atoms with E-state index >= 15 is 0 Å². The minimum Gasteiger partial charge on any atom is -0.476 e. The van der Waals surface area contributed by atoms with Crippen LogP contribution in [0.25, 0.3) is 22.6 Å². The van der Waals surface area contributed by atoms with Crippen LogP contribution < -0.4 is 5.73 Å². The first kappa shape index (κ1) is 16.2. The summed E-state index contributed by atoms with van der Waals surface area (Å²) in [6.07, 6.45) is 3.48. The van der Waals surface area contributed by atoms with Gasteiger partial charge in [0.05, 0.1) is 12.2 Å². The molecule has 0 unspecified atom stereocenters. The Morgan fingerprint density at radius 3 is 2.81 bits per heavy atom. The van der Waals surface area contributed by atoms with Crippen molar-refractivity contribution in [3.63, 3.8) is 0 Å². The molecule has 0 bridgehead atoms. The van der Waals surface area contributed by atoms with Gasteiger partial charge in [0.15, 0.2) is 11.5 Å². The number of carboxylic acids is 1. The minimum atomic E-state index is -1.25. The van der Waals surface area contributed by atoms with Gasteiger partial charge in [0, 0.05) is 35.6 Å². The zero-order valence-corrected chi connectivity index (χ0v) is 14.4. The predicted molar refractivity (Wildman–Crippen MR) is 97.3 cm³/mol. The van der Waals surface area contributed by atoms with Crippen molar-refractivity contribution in [2.45, 2.75) is 6.54 Å². The van der Waals surface area contributed by atoms with E-state index in [2.05, 4.69) is 20.1 Å². The van der Waals surface area contributed by atoms with E-state index in [0.717, 1.165) is 11.1 Å². The van der Waals surface area contributed by atoms with Crippen molar-refractivity contribution in [3.8, 4) is 22.6 Å². The van der Waals surface area contributed by atoms with Crippen LogP contribution >= 0.6 is 11.6 Å². The van der Waals surface area contributed by atoms with Gasteiger partial charge in [-0.2, -0.15) is 5.10 Å². The molecule has 1 aliphatic heterocycles. The highest BCUT2D eigenvalue weighted by Gasteiger charge is 2.22. The van der Waals surface area contributed by atoms with Gasteiger partial charge >= 0.3 is 5.97 Å². The Morgan fingerprint density at radius 1 is 1.31 bits per heavy atom. The lowest BCUT2D eigenvalue weighted by atomic mass is 10.0. The second kappa shape index (κ2) is 5.92. The van der Waals surface area contributed by atoms with E-state index in [-0.39, 0.29) is 11.5 Å². The molecule has 0 atom stereocenters. The van der Waals surface area contributed by atoms with Crippen molar-refractivity contribution in [2.75, 3.05) is 5.73 Å². The van der Waals surface area contributed by atoms with E-state index in [0.29, 0.717) is 34.2 Å². The van der Waals surface area contributed by atoms with Crippen LogP contribution in [0.1, 0.15) is 21.6 Å². The number of nitrogens with zero attached hydrogens (tertiary/aromatic N) is 5. The number of aromatic nitrogens is 4. The third-order valence-corrected chi connectivity index (χ3v) is 4.40. The van der Waals surface area contributed by atoms with Gasteiger partial charge in [0.2, 0.25) is 0 Å². The van der Waals surface area contributed by atoms with Gasteiger partial charge in [0.1, 0.15) is 11.4 Å². The summed E-state index contributed by atoms with van der Waals surface area (Å²) in [7, 11) is 1.77. The molecule has 3 aromatic rings. The van der Waals surface area contributed by atoms with Gasteiger partial charge in [-0.15, -0.1) is 0 Å². The fraction of sp³-hybridized carbons (Fsp3) is 0.118. The second-order valence-electron chi connectivity index (χ2n) is 5.83. The average Bonchev–Trinajstić information content (AvgIpc) is 3.23. The normalized spacial score (nSPS) is 12.4. The lowest BCUT2D eigenvalue weighted by Crippen LogP contribution is -2.10. The summed E-state index contributed by atoms with van der Waals surface area (Å²) in [5, 5.41) is 14.2. The molecule has 3 N–H and O–H groups in total. The quantitative estimate of drug-likeness (QED) is 0.732. The molecule has 0 radical (unpaired) electrons. The highest BCUT2D eigenvalue weighted by atomic mass is 35.5. The molecule has 4 rings (SSSR count). The summed E-state index contributed by atoms with van der Waals surface area (Å²) in [5.74, 6) is -1.42. The molecule has 0 saturated carbocycles. The van der Waals surface area contributed by atoms with Crippen LogP contribution in [0.5, 0.6) is 0 Å². The molecular formula is C17H13ClN6O2. The third-order valence-electron chi connectivity index (χ3n) is 4.06. The molecule has 26 heavy (non-hydrogen) atoms. The predicted octanol–water partition coefficient (Wildman–Crippen LogP) is 2.41. The zero-order chi connectivity index (χ0) is 18.4. The minimum absolute atomic E-state index is 0.171. The number of hydrogen-bond acceptors (Lipinski definition) is 6. The van der Waals surface area contributed by atoms with Crippen LogP contribution in [0.15, 0.2) is 29.4 Å². The number of nitrogen functional groups attached to an aromatic ring is 1. The fourth-order valence-corrected chi connectivity index (χ4v) is 3.13. The van der Waals surface area contributed by atoms with E-state index < -0.39 is 5.97 Å². The summed E-state index contributed by atoms with van der Waals surface area (Å²) in [6.45, 7) is 0.523. The van der Waals surface area contributed by atoms with Gasteiger partial charge in [-0.25, -0.2) is 14.8 Å². The number of aryl methyl sites for hydroxylation is 1. The topological polar surface area (TPSA) is 119 Å². The first-order chi connectivity index (χ1) is 12.4. The molecule has 3 heterocycles. The van der Waals surface area contributed by atoms with Crippen molar-refractivity contribution in [1.82, 2.24) is 19.7 Å². The molecule has 0 saturated heterocycles. The molecule has 0 aliphatic carbocycles. The van der Waals surface area contributed by atoms with Gasteiger partial charge in [-0.3, -0.25) is 9.67 Å². The monoisotopic (exact) mass is 368 g/mol. The Labute approximate surface area is 153 Å². The Hall–Kier alpha value is -3.26. The number of aliphatic imine (C=N–C) groups is 1. The Morgan fingerprint density at radius 2 is 2.12 bits per heavy atom. The van der Waals surface area contributed by atoms with E-state index in [9.17, 15) is 9.90 Å². The molecule has 9 heteroatoms. The molecule has 130 valence electrons. The fourth-order valence-electron chi connectivity index (χ4n) is 2.84. The van der Waals surface area contributed by atoms with Crippen LogP contribution in [0.4, 0.5) is 5.82 Å². The van der Waals surface area contributed by atoms with Crippen LogP contribution in [-0.4, -0.2) is 37.0 Å². The van der Waals surface area contributed by atoms with Gasteiger partial charge in [0.25, 0.3) is 0 Å². The Balaban J connectivity index is 2.00. The number of hydrogen-bond donors (Lipinski definition) is 2. The Bertz CT molecular complexity index is 1090. The summed E-state index contributed by atoms with van der Waals surface area (Å²) in [5.41, 5.74) is 9.17. The molecule has 1 aliphatic rings. The first-order valence-electron chi connectivity index (χ1n) is 7.67. The second-order valence-corrected chi connectivity index (χ2v) is 6.24. The average molecular weight is 369 g/mol. The summed E-state index contributed by atoms with van der Waals surface area (Å²) in [4.78, 5) is 24.2. The van der Waals surface area contributed by atoms with Crippen LogP contribution in [0.2, 0.25) is 5.02 Å². The molecule has 0 fully saturated rings. The number of benzene rings is 1. The maximum Gasteiger partial charge on any atom is 0.358 e. The number of halogens is 1. The van der Waals surface area contributed by atoms with Crippen LogP contribution in [0, 0.1) is 0 Å². The molecule has 0 amide bonds. The summed E-state index contributed by atoms with van der Waals surface area (Å²) < 4.78 is 1.62. The number of anilines is 1. The number of rotatable bonds is 3. The van der Waals surface area contributed by atoms with Crippen molar-refractivity contribution < 1.29 is 9.90 Å². The van der Waals surface area contributed by atoms with Crippen molar-refractivity contribution >= 4 is 29.6 Å². The number of aromatic carboxylic acids is 1. The van der Waals surface area contributed by atoms with Crippen molar-refractivity contribution in [3.05, 3.63) is 46.2 Å². The summed E-state index contributed by atoms with van der Waals surface area (Å²) >= 11 is 6.37. The van der Waals surface area contributed by atoms with Gasteiger partial charge < -0.3 is 10.8 Å². The number of nitrogens with two attached hydrogens (primary N) is 1. The first-order valence-corrected chi connectivity index (χ1v) is 8.05. The number of carbonyl (C=O) groups is 1. The van der Waals surface area contributed by atoms with Crippen LogP contribution in [0.3, 0.4) is 0 Å².